The summed E-state index contributed by atoms with van der Waals surface area (Å²) in [7, 11) is 0. The van der Waals surface area contributed by atoms with E-state index in [-0.39, 0.29) is 23.5 Å². The van der Waals surface area contributed by atoms with Crippen LogP contribution in [0.25, 0.3) is 0 Å². The Labute approximate surface area is 140 Å². The van der Waals surface area contributed by atoms with Crippen LogP contribution >= 0.6 is 11.3 Å². The molecule has 2 heterocycles. The van der Waals surface area contributed by atoms with Crippen molar-refractivity contribution in [2.24, 2.45) is 5.92 Å². The summed E-state index contributed by atoms with van der Waals surface area (Å²) in [4.78, 5) is 31.0. The van der Waals surface area contributed by atoms with Crippen molar-refractivity contribution < 1.29 is 9.59 Å². The highest BCUT2D eigenvalue weighted by atomic mass is 32.1. The first-order valence-electron chi connectivity index (χ1n) is 7.94. The molecule has 0 N–H and O–H groups in total. The third kappa shape index (κ3) is 3.50. The number of thiazole rings is 1. The molecule has 2 aromatic rings. The van der Waals surface area contributed by atoms with E-state index in [1.54, 1.807) is 6.20 Å². The number of hydrogen-bond donors (Lipinski definition) is 0. The molecule has 1 saturated heterocycles. The van der Waals surface area contributed by atoms with Crippen molar-refractivity contribution in [1.82, 2.24) is 9.88 Å². The van der Waals surface area contributed by atoms with Gasteiger partial charge in [-0.25, -0.2) is 4.98 Å². The minimum Gasteiger partial charge on any atom is -0.342 e. The molecule has 0 unspecified atom stereocenters. The minimum absolute atomic E-state index is 0.00256. The van der Waals surface area contributed by atoms with Crippen LogP contribution in [-0.4, -0.2) is 34.7 Å². The fraction of sp³-hybridized carbons (Fsp3) is 0.389. The molecule has 0 radical (unpaired) electrons. The van der Waals surface area contributed by atoms with Gasteiger partial charge < -0.3 is 4.90 Å². The predicted molar refractivity (Wildman–Crippen MR) is 90.6 cm³/mol. The molecule has 1 fully saturated rings. The Kier molecular flexibility index (Phi) is 4.86. The molecule has 0 bridgehead atoms. The van der Waals surface area contributed by atoms with E-state index in [1.807, 2.05) is 47.5 Å². The molecule has 0 spiro atoms. The van der Waals surface area contributed by atoms with Gasteiger partial charge in [0.1, 0.15) is 0 Å². The number of carbonyl (C=O) groups excluding carboxylic acids is 2. The number of nitrogens with zero attached hydrogens (tertiary/aromatic N) is 2. The fourth-order valence-corrected chi connectivity index (χ4v) is 3.70. The molecule has 5 heteroatoms. The summed E-state index contributed by atoms with van der Waals surface area (Å²) < 4.78 is 0. The summed E-state index contributed by atoms with van der Waals surface area (Å²) in [6.45, 7) is 3.25. The number of aromatic nitrogens is 1. The van der Waals surface area contributed by atoms with Gasteiger partial charge in [-0.2, -0.15) is 0 Å². The average molecular weight is 328 g/mol. The smallest absolute Gasteiger partial charge is 0.229 e. The van der Waals surface area contributed by atoms with Crippen molar-refractivity contribution in [3.8, 4) is 0 Å². The molecule has 0 aliphatic carbocycles. The number of likely N-dealkylation sites (tertiary alicyclic amines) is 1. The number of ketones is 1. The Morgan fingerprint density at radius 1 is 1.22 bits per heavy atom. The van der Waals surface area contributed by atoms with Gasteiger partial charge in [0.05, 0.1) is 5.92 Å². The summed E-state index contributed by atoms with van der Waals surface area (Å²) >= 11 is 1.39. The summed E-state index contributed by atoms with van der Waals surface area (Å²) in [5, 5.41) is 2.42. The van der Waals surface area contributed by atoms with Gasteiger partial charge >= 0.3 is 0 Å². The Morgan fingerprint density at radius 2 is 1.91 bits per heavy atom. The van der Waals surface area contributed by atoms with Crippen molar-refractivity contribution >= 4 is 23.0 Å². The molecule has 4 nitrogen and oxygen atoms in total. The summed E-state index contributed by atoms with van der Waals surface area (Å²) in [6, 6.07) is 9.84. The molecule has 1 aliphatic heterocycles. The number of amides is 1. The van der Waals surface area contributed by atoms with E-state index in [0.717, 1.165) is 18.4 Å². The molecule has 23 heavy (non-hydrogen) atoms. The van der Waals surface area contributed by atoms with Crippen LogP contribution in [0.3, 0.4) is 0 Å². The zero-order chi connectivity index (χ0) is 16.2. The van der Waals surface area contributed by atoms with Gasteiger partial charge in [-0.05, 0) is 25.3 Å². The largest absolute Gasteiger partial charge is 0.342 e. The molecular weight excluding hydrogens is 308 g/mol. The van der Waals surface area contributed by atoms with E-state index < -0.39 is 0 Å². The Balaban J connectivity index is 1.58. The maximum Gasteiger partial charge on any atom is 0.229 e. The van der Waals surface area contributed by atoms with Crippen LogP contribution in [0.15, 0.2) is 41.9 Å². The predicted octanol–water partition coefficient (Wildman–Crippen LogP) is 3.37. The van der Waals surface area contributed by atoms with Gasteiger partial charge in [-0.3, -0.25) is 9.59 Å². The highest BCUT2D eigenvalue weighted by Crippen LogP contribution is 2.25. The van der Waals surface area contributed by atoms with Gasteiger partial charge in [0.25, 0.3) is 0 Å². The van der Waals surface area contributed by atoms with Crippen molar-refractivity contribution in [2.45, 2.75) is 25.7 Å². The molecule has 1 atom stereocenters. The molecule has 1 amide bonds. The number of piperidine rings is 1. The molecule has 1 aromatic heterocycles. The zero-order valence-electron chi connectivity index (χ0n) is 13.1. The number of benzene rings is 1. The highest BCUT2D eigenvalue weighted by Gasteiger charge is 2.30. The second-order valence-corrected chi connectivity index (χ2v) is 6.83. The first kappa shape index (κ1) is 15.9. The molecule has 0 saturated carbocycles. The van der Waals surface area contributed by atoms with Gasteiger partial charge in [0.2, 0.25) is 5.91 Å². The third-order valence-corrected chi connectivity index (χ3v) is 5.28. The second-order valence-electron chi connectivity index (χ2n) is 5.93. The molecular formula is C18H20N2O2S. The van der Waals surface area contributed by atoms with Crippen molar-refractivity contribution in [1.29, 1.82) is 0 Å². The lowest BCUT2D eigenvalue weighted by atomic mass is 9.91. The number of hydrogen-bond acceptors (Lipinski definition) is 4. The van der Waals surface area contributed by atoms with Gasteiger partial charge in [0, 0.05) is 30.6 Å². The lowest BCUT2D eigenvalue weighted by Gasteiger charge is -2.32. The van der Waals surface area contributed by atoms with Crippen LogP contribution in [0.1, 0.15) is 41.0 Å². The van der Waals surface area contributed by atoms with Gasteiger partial charge in [-0.15, -0.1) is 11.3 Å². The third-order valence-electron chi connectivity index (χ3n) is 4.49. The topological polar surface area (TPSA) is 50.3 Å². The van der Waals surface area contributed by atoms with Crippen LogP contribution in [-0.2, 0) is 4.79 Å². The first-order valence-corrected chi connectivity index (χ1v) is 8.82. The fourth-order valence-electron chi connectivity index (χ4n) is 3.04. The highest BCUT2D eigenvalue weighted by molar-refractivity contribution is 7.11. The molecule has 3 rings (SSSR count). The zero-order valence-corrected chi connectivity index (χ0v) is 14.0. The first-order chi connectivity index (χ1) is 11.2. The van der Waals surface area contributed by atoms with Crippen LogP contribution in [0.5, 0.6) is 0 Å². The van der Waals surface area contributed by atoms with Crippen LogP contribution in [0, 0.1) is 5.92 Å². The lowest BCUT2D eigenvalue weighted by molar-refractivity contribution is -0.133. The normalized spacial score (nSPS) is 17.0. The minimum atomic E-state index is -0.137. The number of carbonyl (C=O) groups is 2. The van der Waals surface area contributed by atoms with Crippen molar-refractivity contribution in [2.75, 3.05) is 13.1 Å². The van der Waals surface area contributed by atoms with Crippen LogP contribution < -0.4 is 0 Å². The van der Waals surface area contributed by atoms with Crippen LogP contribution in [0.2, 0.25) is 0 Å². The molecule has 120 valence electrons. The van der Waals surface area contributed by atoms with Crippen molar-refractivity contribution in [3.05, 3.63) is 52.5 Å². The average Bonchev–Trinajstić information content (AvgIpc) is 3.15. The standard InChI is InChI=1S/C18H20N2O2S/c1-13(14-5-3-2-4-6-14)18(22)20-10-7-15(8-11-20)16(21)17-19-9-12-23-17/h2-6,9,12-13,15H,7-8,10-11H2,1H3/t13-/m1/s1. The molecule has 1 aliphatic rings. The van der Waals surface area contributed by atoms with E-state index in [4.69, 9.17) is 0 Å². The van der Waals surface area contributed by atoms with Crippen LogP contribution in [0.4, 0.5) is 0 Å². The monoisotopic (exact) mass is 328 g/mol. The lowest BCUT2D eigenvalue weighted by Crippen LogP contribution is -2.42. The number of Topliss-reactive ketones (excluding diaryl/α,β-unsaturated/α-hetero) is 1. The van der Waals surface area contributed by atoms with E-state index in [9.17, 15) is 9.59 Å². The maximum absolute atomic E-state index is 12.6. The summed E-state index contributed by atoms with van der Waals surface area (Å²) in [5.41, 5.74) is 1.04. The molecule has 1 aromatic carbocycles. The second kappa shape index (κ2) is 7.04. The summed E-state index contributed by atoms with van der Waals surface area (Å²) in [6.07, 6.45) is 3.12. The van der Waals surface area contributed by atoms with E-state index in [1.165, 1.54) is 11.3 Å². The quantitative estimate of drug-likeness (QED) is 0.809. The van der Waals surface area contributed by atoms with E-state index in [2.05, 4.69) is 4.98 Å². The van der Waals surface area contributed by atoms with Gasteiger partial charge in [0.15, 0.2) is 10.8 Å². The maximum atomic E-state index is 12.6. The van der Waals surface area contributed by atoms with E-state index >= 15 is 0 Å². The Hall–Kier alpha value is -2.01. The summed E-state index contributed by atoms with van der Waals surface area (Å²) in [5.74, 6) is 0.138. The number of rotatable bonds is 4. The van der Waals surface area contributed by atoms with Gasteiger partial charge in [-0.1, -0.05) is 30.3 Å². The van der Waals surface area contributed by atoms with E-state index in [0.29, 0.717) is 18.1 Å². The SMILES string of the molecule is C[C@@H](C(=O)N1CCC(C(=O)c2nccs2)CC1)c1ccccc1. The van der Waals surface area contributed by atoms with Crippen molar-refractivity contribution in [3.63, 3.8) is 0 Å². The Morgan fingerprint density at radius 3 is 2.52 bits per heavy atom. The Bertz CT molecular complexity index is 662.